The van der Waals surface area contributed by atoms with Crippen LogP contribution in [0.25, 0.3) is 0 Å². The van der Waals surface area contributed by atoms with Gasteiger partial charge in [-0.05, 0) is 45.2 Å². The lowest BCUT2D eigenvalue weighted by Crippen LogP contribution is -2.53. The normalized spacial score (nSPS) is 25.4. The fourth-order valence-corrected chi connectivity index (χ4v) is 3.87. The van der Waals surface area contributed by atoms with Crippen molar-refractivity contribution in [2.24, 2.45) is 11.3 Å². The highest BCUT2D eigenvalue weighted by atomic mass is 16.2. The molecule has 5 heteroatoms. The lowest BCUT2D eigenvalue weighted by atomic mass is 9.73. The van der Waals surface area contributed by atoms with Gasteiger partial charge in [-0.15, -0.1) is 0 Å². The lowest BCUT2D eigenvalue weighted by Gasteiger charge is -2.42. The summed E-state index contributed by atoms with van der Waals surface area (Å²) in [5.74, 6) is 0.329. The molecule has 2 N–H and O–H groups in total. The molecule has 1 unspecified atom stereocenters. The molecule has 0 saturated carbocycles. The lowest BCUT2D eigenvalue weighted by molar-refractivity contribution is -0.147. The van der Waals surface area contributed by atoms with Gasteiger partial charge in [0.25, 0.3) is 0 Å². The molecule has 0 aromatic heterocycles. The summed E-state index contributed by atoms with van der Waals surface area (Å²) < 4.78 is 0. The SMILES string of the molecule is CCCC1(C(=O)N2CCCC(C(=O)NC)C2)CCNCC1. The Labute approximate surface area is 127 Å². The van der Waals surface area contributed by atoms with Crippen LogP contribution in [0.4, 0.5) is 0 Å². The molecule has 120 valence electrons. The summed E-state index contributed by atoms with van der Waals surface area (Å²) in [6, 6.07) is 0. The van der Waals surface area contributed by atoms with Crippen LogP contribution >= 0.6 is 0 Å². The Morgan fingerprint density at radius 2 is 2.05 bits per heavy atom. The fraction of sp³-hybridized carbons (Fsp3) is 0.875. The molecule has 2 amide bonds. The van der Waals surface area contributed by atoms with Gasteiger partial charge < -0.3 is 15.5 Å². The van der Waals surface area contributed by atoms with Gasteiger partial charge in [0.1, 0.15) is 0 Å². The first-order valence-corrected chi connectivity index (χ1v) is 8.34. The molecule has 5 nitrogen and oxygen atoms in total. The third-order valence-corrected chi connectivity index (χ3v) is 5.07. The molecule has 2 aliphatic heterocycles. The molecular formula is C16H29N3O2. The predicted molar refractivity (Wildman–Crippen MR) is 82.8 cm³/mol. The van der Waals surface area contributed by atoms with E-state index in [1.807, 2.05) is 4.90 Å². The first-order chi connectivity index (χ1) is 10.1. The maximum absolute atomic E-state index is 13.1. The minimum absolute atomic E-state index is 0.0342. The molecule has 2 rings (SSSR count). The second-order valence-electron chi connectivity index (χ2n) is 6.48. The van der Waals surface area contributed by atoms with Gasteiger partial charge in [-0.3, -0.25) is 9.59 Å². The number of hydrogen-bond donors (Lipinski definition) is 2. The van der Waals surface area contributed by atoms with Crippen LogP contribution in [0.3, 0.4) is 0 Å². The zero-order chi connectivity index (χ0) is 15.3. The van der Waals surface area contributed by atoms with Gasteiger partial charge in [-0.25, -0.2) is 0 Å². The minimum atomic E-state index is -0.190. The van der Waals surface area contributed by atoms with Gasteiger partial charge in [0, 0.05) is 20.1 Å². The maximum atomic E-state index is 13.1. The molecule has 1 atom stereocenters. The van der Waals surface area contributed by atoms with Crippen LogP contribution in [0.1, 0.15) is 45.4 Å². The Morgan fingerprint density at radius 1 is 1.33 bits per heavy atom. The summed E-state index contributed by atoms with van der Waals surface area (Å²) in [6.07, 6.45) is 5.70. The maximum Gasteiger partial charge on any atom is 0.228 e. The first-order valence-electron chi connectivity index (χ1n) is 8.34. The molecule has 0 aromatic rings. The summed E-state index contributed by atoms with van der Waals surface area (Å²) in [7, 11) is 1.68. The van der Waals surface area contributed by atoms with E-state index >= 15 is 0 Å². The van der Waals surface area contributed by atoms with Crippen LogP contribution in [-0.4, -0.2) is 49.9 Å². The minimum Gasteiger partial charge on any atom is -0.359 e. The van der Waals surface area contributed by atoms with Gasteiger partial charge in [0.15, 0.2) is 0 Å². The van der Waals surface area contributed by atoms with Crippen molar-refractivity contribution in [2.45, 2.75) is 45.4 Å². The highest BCUT2D eigenvalue weighted by Gasteiger charge is 2.42. The quantitative estimate of drug-likeness (QED) is 0.817. The molecule has 2 heterocycles. The highest BCUT2D eigenvalue weighted by molar-refractivity contribution is 5.84. The molecule has 2 aliphatic rings. The van der Waals surface area contributed by atoms with E-state index in [2.05, 4.69) is 17.6 Å². The Balaban J connectivity index is 2.07. The second-order valence-corrected chi connectivity index (χ2v) is 6.48. The molecule has 0 aliphatic carbocycles. The van der Waals surface area contributed by atoms with Crippen molar-refractivity contribution < 1.29 is 9.59 Å². The van der Waals surface area contributed by atoms with Crippen molar-refractivity contribution in [2.75, 3.05) is 33.2 Å². The summed E-state index contributed by atoms with van der Waals surface area (Å²) in [4.78, 5) is 26.9. The van der Waals surface area contributed by atoms with Gasteiger partial charge in [0.05, 0.1) is 11.3 Å². The van der Waals surface area contributed by atoms with Gasteiger partial charge in [-0.2, -0.15) is 0 Å². The number of nitrogens with one attached hydrogen (secondary N) is 2. The molecule has 0 radical (unpaired) electrons. The van der Waals surface area contributed by atoms with Crippen LogP contribution in [0, 0.1) is 11.3 Å². The molecule has 2 fully saturated rings. The first kappa shape index (κ1) is 16.3. The Bertz CT molecular complexity index is 372. The highest BCUT2D eigenvalue weighted by Crippen LogP contribution is 2.37. The zero-order valence-corrected chi connectivity index (χ0v) is 13.4. The molecule has 0 aromatic carbocycles. The van der Waals surface area contributed by atoms with E-state index in [1.165, 1.54) is 0 Å². The molecule has 2 saturated heterocycles. The smallest absolute Gasteiger partial charge is 0.228 e. The van der Waals surface area contributed by atoms with Gasteiger partial charge in [-0.1, -0.05) is 13.3 Å². The number of piperidine rings is 2. The Kier molecular flexibility index (Phi) is 5.62. The molecule has 21 heavy (non-hydrogen) atoms. The van der Waals surface area contributed by atoms with Crippen LogP contribution in [-0.2, 0) is 9.59 Å². The summed E-state index contributed by atoms with van der Waals surface area (Å²) in [6.45, 7) is 5.42. The van der Waals surface area contributed by atoms with Crippen molar-refractivity contribution in [3.63, 3.8) is 0 Å². The van der Waals surface area contributed by atoms with E-state index in [1.54, 1.807) is 7.05 Å². The molecular weight excluding hydrogens is 266 g/mol. The van der Waals surface area contributed by atoms with E-state index in [9.17, 15) is 9.59 Å². The van der Waals surface area contributed by atoms with Crippen LogP contribution < -0.4 is 10.6 Å². The average molecular weight is 295 g/mol. The van der Waals surface area contributed by atoms with E-state index in [0.717, 1.165) is 58.2 Å². The van der Waals surface area contributed by atoms with E-state index in [4.69, 9.17) is 0 Å². The average Bonchev–Trinajstić information content (AvgIpc) is 2.54. The Hall–Kier alpha value is -1.10. The third-order valence-electron chi connectivity index (χ3n) is 5.07. The van der Waals surface area contributed by atoms with Crippen LogP contribution in [0.15, 0.2) is 0 Å². The largest absolute Gasteiger partial charge is 0.359 e. The van der Waals surface area contributed by atoms with Gasteiger partial charge >= 0.3 is 0 Å². The van der Waals surface area contributed by atoms with E-state index in [-0.39, 0.29) is 17.2 Å². The van der Waals surface area contributed by atoms with Gasteiger partial charge in [0.2, 0.25) is 11.8 Å². The van der Waals surface area contributed by atoms with Crippen LogP contribution in [0.5, 0.6) is 0 Å². The molecule has 0 spiro atoms. The van der Waals surface area contributed by atoms with Crippen molar-refractivity contribution in [1.29, 1.82) is 0 Å². The Morgan fingerprint density at radius 3 is 2.67 bits per heavy atom. The summed E-state index contributed by atoms with van der Waals surface area (Å²) >= 11 is 0. The van der Waals surface area contributed by atoms with Crippen LogP contribution in [0.2, 0.25) is 0 Å². The molecule has 0 bridgehead atoms. The van der Waals surface area contributed by atoms with Crippen molar-refractivity contribution in [1.82, 2.24) is 15.5 Å². The topological polar surface area (TPSA) is 61.4 Å². The fourth-order valence-electron chi connectivity index (χ4n) is 3.87. The monoisotopic (exact) mass is 295 g/mol. The standard InChI is InChI=1S/C16H29N3O2/c1-3-6-16(7-9-18-10-8-16)15(21)19-11-4-5-13(12-19)14(20)17-2/h13,18H,3-12H2,1-2H3,(H,17,20). The number of amides is 2. The summed E-state index contributed by atoms with van der Waals surface area (Å²) in [5, 5.41) is 6.08. The second kappa shape index (κ2) is 7.25. The van der Waals surface area contributed by atoms with Crippen molar-refractivity contribution >= 4 is 11.8 Å². The number of carbonyl (C=O) groups excluding carboxylic acids is 2. The number of likely N-dealkylation sites (tertiary alicyclic amines) is 1. The number of carbonyl (C=O) groups is 2. The predicted octanol–water partition coefficient (Wildman–Crippen LogP) is 1.14. The van der Waals surface area contributed by atoms with E-state index in [0.29, 0.717) is 12.5 Å². The zero-order valence-electron chi connectivity index (χ0n) is 13.4. The number of nitrogens with zero attached hydrogens (tertiary/aromatic N) is 1. The van der Waals surface area contributed by atoms with E-state index < -0.39 is 0 Å². The third kappa shape index (κ3) is 3.57. The number of rotatable bonds is 4. The summed E-state index contributed by atoms with van der Waals surface area (Å²) in [5.41, 5.74) is -0.190. The van der Waals surface area contributed by atoms with Crippen molar-refractivity contribution in [3.05, 3.63) is 0 Å². The number of hydrogen-bond acceptors (Lipinski definition) is 3. The van der Waals surface area contributed by atoms with Crippen molar-refractivity contribution in [3.8, 4) is 0 Å².